The van der Waals surface area contributed by atoms with Crippen molar-refractivity contribution in [3.63, 3.8) is 0 Å². The first-order valence-corrected chi connectivity index (χ1v) is 14.2. The quantitative estimate of drug-likeness (QED) is 0.371. The van der Waals surface area contributed by atoms with Crippen LogP contribution in [0.25, 0.3) is 5.57 Å². The second-order valence-electron chi connectivity index (χ2n) is 10.1. The van der Waals surface area contributed by atoms with Gasteiger partial charge in [0.2, 0.25) is 0 Å². The number of urea groups is 1. The van der Waals surface area contributed by atoms with Gasteiger partial charge in [-0.15, -0.1) is 0 Å². The van der Waals surface area contributed by atoms with E-state index in [2.05, 4.69) is 33.8 Å². The molecule has 37 heavy (non-hydrogen) atoms. The molecule has 0 spiro atoms. The van der Waals surface area contributed by atoms with Crippen molar-refractivity contribution in [3.05, 3.63) is 74.8 Å². The molecular weight excluding hydrogens is 527 g/mol. The molecule has 3 aliphatic heterocycles. The van der Waals surface area contributed by atoms with Gasteiger partial charge in [0.1, 0.15) is 0 Å². The van der Waals surface area contributed by atoms with Crippen LogP contribution >= 0.6 is 34.8 Å². The number of rotatable bonds is 6. The van der Waals surface area contributed by atoms with Crippen LogP contribution in [0.4, 0.5) is 16.2 Å². The molecular formula is C29H33Cl3N4O. The molecule has 0 atom stereocenters. The Morgan fingerprint density at radius 2 is 1.78 bits per heavy atom. The van der Waals surface area contributed by atoms with Gasteiger partial charge in [-0.1, -0.05) is 53.5 Å². The first-order valence-electron chi connectivity index (χ1n) is 13.0. The SMILES string of the molecule is C=C(Cl)/C(=C\C)c1cc(CN2CCC(N3CCCC3)CC2)cc2c1CNC(=O)N2c1c(Cl)cccc1Cl. The largest absolute Gasteiger partial charge is 0.333 e. The summed E-state index contributed by atoms with van der Waals surface area (Å²) < 4.78 is 0. The first-order chi connectivity index (χ1) is 17.9. The third-order valence-electron chi connectivity index (χ3n) is 7.80. The number of hydrogen-bond acceptors (Lipinski definition) is 3. The average Bonchev–Trinajstić information content (AvgIpc) is 3.41. The predicted octanol–water partition coefficient (Wildman–Crippen LogP) is 7.57. The van der Waals surface area contributed by atoms with E-state index in [1.807, 2.05) is 13.0 Å². The van der Waals surface area contributed by atoms with Crippen LogP contribution in [0, 0.1) is 0 Å². The van der Waals surface area contributed by atoms with E-state index in [0.717, 1.165) is 47.6 Å². The monoisotopic (exact) mass is 558 g/mol. The Labute approximate surface area is 234 Å². The van der Waals surface area contributed by atoms with Crippen molar-refractivity contribution in [2.45, 2.75) is 51.7 Å². The van der Waals surface area contributed by atoms with E-state index >= 15 is 0 Å². The highest BCUT2D eigenvalue weighted by Gasteiger charge is 2.32. The third kappa shape index (κ3) is 5.43. The lowest BCUT2D eigenvalue weighted by atomic mass is 9.92. The van der Waals surface area contributed by atoms with Gasteiger partial charge in [0.25, 0.3) is 0 Å². The summed E-state index contributed by atoms with van der Waals surface area (Å²) in [4.78, 5) is 20.0. The fraction of sp³-hybridized carbons (Fsp3) is 0.414. The van der Waals surface area contributed by atoms with E-state index in [0.29, 0.717) is 33.4 Å². The molecule has 2 aromatic carbocycles. The summed E-state index contributed by atoms with van der Waals surface area (Å²) in [5, 5.41) is 4.28. The second kappa shape index (κ2) is 11.4. The number of carbonyl (C=O) groups is 1. The number of halogens is 3. The third-order valence-corrected chi connectivity index (χ3v) is 8.61. The van der Waals surface area contributed by atoms with Crippen molar-refractivity contribution in [3.8, 4) is 0 Å². The number of nitrogens with zero attached hydrogens (tertiary/aromatic N) is 3. The number of carbonyl (C=O) groups excluding carboxylic acids is 1. The molecule has 1 N–H and O–H groups in total. The minimum absolute atomic E-state index is 0.260. The minimum Gasteiger partial charge on any atom is -0.333 e. The summed E-state index contributed by atoms with van der Waals surface area (Å²) in [7, 11) is 0. The zero-order valence-corrected chi connectivity index (χ0v) is 23.5. The van der Waals surface area contributed by atoms with E-state index in [1.54, 1.807) is 23.1 Å². The number of para-hydroxylation sites is 1. The molecule has 3 heterocycles. The van der Waals surface area contributed by atoms with Crippen LogP contribution in [-0.2, 0) is 13.1 Å². The number of allylic oxidation sites excluding steroid dienone is 3. The Morgan fingerprint density at radius 3 is 2.41 bits per heavy atom. The Balaban J connectivity index is 1.52. The lowest BCUT2D eigenvalue weighted by Gasteiger charge is -2.37. The van der Waals surface area contributed by atoms with Gasteiger partial charge in [0, 0.05) is 29.7 Å². The lowest BCUT2D eigenvalue weighted by Crippen LogP contribution is -2.43. The van der Waals surface area contributed by atoms with Crippen molar-refractivity contribution < 1.29 is 4.79 Å². The molecule has 0 aromatic heterocycles. The summed E-state index contributed by atoms with van der Waals surface area (Å²) in [6.45, 7) is 11.7. The van der Waals surface area contributed by atoms with E-state index in [-0.39, 0.29) is 6.03 Å². The van der Waals surface area contributed by atoms with Crippen molar-refractivity contribution in [2.24, 2.45) is 0 Å². The molecule has 0 aliphatic carbocycles. The number of anilines is 2. The number of amides is 2. The van der Waals surface area contributed by atoms with Crippen LogP contribution in [0.5, 0.6) is 0 Å². The molecule has 5 rings (SSSR count). The second-order valence-corrected chi connectivity index (χ2v) is 11.3. The molecule has 196 valence electrons. The van der Waals surface area contributed by atoms with Crippen LogP contribution in [0.3, 0.4) is 0 Å². The van der Waals surface area contributed by atoms with E-state index in [1.165, 1.54) is 38.8 Å². The maximum atomic E-state index is 13.2. The van der Waals surface area contributed by atoms with Gasteiger partial charge < -0.3 is 10.2 Å². The molecule has 2 amide bonds. The molecule has 0 bridgehead atoms. The summed E-state index contributed by atoms with van der Waals surface area (Å²) in [5.74, 6) is 0. The van der Waals surface area contributed by atoms with Gasteiger partial charge in [0.05, 0.1) is 21.4 Å². The summed E-state index contributed by atoms with van der Waals surface area (Å²) in [5.41, 5.74) is 5.15. The van der Waals surface area contributed by atoms with Crippen molar-refractivity contribution in [1.82, 2.24) is 15.1 Å². The van der Waals surface area contributed by atoms with E-state index in [9.17, 15) is 4.79 Å². The highest BCUT2D eigenvalue weighted by atomic mass is 35.5. The Kier molecular flexibility index (Phi) is 8.18. The zero-order valence-electron chi connectivity index (χ0n) is 21.2. The summed E-state index contributed by atoms with van der Waals surface area (Å²) >= 11 is 19.6. The number of nitrogens with one attached hydrogen (secondary N) is 1. The molecule has 2 saturated heterocycles. The molecule has 0 radical (unpaired) electrons. The van der Waals surface area contributed by atoms with Gasteiger partial charge in [-0.25, -0.2) is 4.79 Å². The fourth-order valence-corrected chi connectivity index (χ4v) is 6.75. The molecule has 3 aliphatic rings. The Morgan fingerprint density at radius 1 is 1.11 bits per heavy atom. The van der Waals surface area contributed by atoms with Gasteiger partial charge in [-0.3, -0.25) is 9.80 Å². The number of likely N-dealkylation sites (tertiary alicyclic amines) is 2. The van der Waals surface area contributed by atoms with Crippen molar-refractivity contribution in [2.75, 3.05) is 31.1 Å². The molecule has 8 heteroatoms. The van der Waals surface area contributed by atoms with Crippen LogP contribution < -0.4 is 10.2 Å². The maximum Gasteiger partial charge on any atom is 0.326 e. The highest BCUT2D eigenvalue weighted by Crippen LogP contribution is 2.44. The Hall–Kier alpha value is -2.02. The van der Waals surface area contributed by atoms with E-state index < -0.39 is 0 Å². The van der Waals surface area contributed by atoms with Crippen LogP contribution in [0.2, 0.25) is 10.0 Å². The smallest absolute Gasteiger partial charge is 0.326 e. The minimum atomic E-state index is -0.260. The number of fused-ring (bicyclic) bond motifs is 1. The topological polar surface area (TPSA) is 38.8 Å². The molecule has 2 aromatic rings. The van der Waals surface area contributed by atoms with Gasteiger partial charge in [0.15, 0.2) is 0 Å². The molecule has 5 nitrogen and oxygen atoms in total. The van der Waals surface area contributed by atoms with Crippen LogP contribution in [-0.4, -0.2) is 48.1 Å². The van der Waals surface area contributed by atoms with Gasteiger partial charge >= 0.3 is 6.03 Å². The Bertz CT molecular complexity index is 1210. The van der Waals surface area contributed by atoms with Gasteiger partial charge in [-0.05, 0) is 99.8 Å². The highest BCUT2D eigenvalue weighted by molar-refractivity contribution is 6.40. The molecule has 2 fully saturated rings. The van der Waals surface area contributed by atoms with Crippen LogP contribution in [0.15, 0.2) is 48.0 Å². The van der Waals surface area contributed by atoms with Crippen molar-refractivity contribution >= 4 is 57.8 Å². The first kappa shape index (κ1) is 26.6. The average molecular weight is 560 g/mol. The number of benzene rings is 2. The fourth-order valence-electron chi connectivity index (χ4n) is 5.97. The number of piperidine rings is 1. The standard InChI is InChI=1S/C29H33Cl3N4O/c1-3-22(19(2)30)23-15-20(18-34-13-9-21(10-14-34)35-11-4-5-12-35)16-27-24(23)17-33-29(37)36(27)28-25(31)7-6-8-26(28)32/h3,6-8,15-16,21H,2,4-5,9-14,17-18H2,1H3,(H,33,37)/b22-3+. The predicted molar refractivity (Wildman–Crippen MR) is 155 cm³/mol. The molecule has 0 unspecified atom stereocenters. The zero-order chi connectivity index (χ0) is 26.1. The molecule has 0 saturated carbocycles. The van der Waals surface area contributed by atoms with Crippen molar-refractivity contribution in [1.29, 1.82) is 0 Å². The number of hydrogen-bond donors (Lipinski definition) is 1. The van der Waals surface area contributed by atoms with E-state index in [4.69, 9.17) is 34.8 Å². The van der Waals surface area contributed by atoms with Crippen LogP contribution in [0.1, 0.15) is 49.3 Å². The normalized spacial score (nSPS) is 19.7. The lowest BCUT2D eigenvalue weighted by molar-refractivity contribution is 0.122. The summed E-state index contributed by atoms with van der Waals surface area (Å²) in [6.07, 6.45) is 7.02. The maximum absolute atomic E-state index is 13.2. The summed E-state index contributed by atoms with van der Waals surface area (Å²) in [6, 6.07) is 10.0. The van der Waals surface area contributed by atoms with Gasteiger partial charge in [-0.2, -0.15) is 0 Å².